The van der Waals surface area contributed by atoms with Crippen LogP contribution in [0.1, 0.15) is 12.8 Å². The molecule has 20 heavy (non-hydrogen) atoms. The van der Waals surface area contributed by atoms with Crippen LogP contribution >= 0.6 is 0 Å². The van der Waals surface area contributed by atoms with E-state index in [4.69, 9.17) is 4.74 Å². The van der Waals surface area contributed by atoms with E-state index >= 15 is 0 Å². The average Bonchev–Trinajstić information content (AvgIpc) is 2.74. The molecule has 1 aliphatic rings. The predicted octanol–water partition coefficient (Wildman–Crippen LogP) is 1.32. The lowest BCUT2D eigenvalue weighted by atomic mass is 10.2. The molecular formula is C15H23N3O2. The third-order valence-electron chi connectivity index (χ3n) is 3.47. The van der Waals surface area contributed by atoms with Gasteiger partial charge in [-0.2, -0.15) is 0 Å². The predicted molar refractivity (Wildman–Crippen MR) is 80.2 cm³/mol. The lowest BCUT2D eigenvalue weighted by molar-refractivity contribution is -0.116. The first-order valence-electron chi connectivity index (χ1n) is 7.15. The van der Waals surface area contributed by atoms with E-state index < -0.39 is 0 Å². The van der Waals surface area contributed by atoms with Gasteiger partial charge in [-0.05, 0) is 31.6 Å². The van der Waals surface area contributed by atoms with Gasteiger partial charge in [-0.1, -0.05) is 12.1 Å². The highest BCUT2D eigenvalue weighted by molar-refractivity contribution is 5.92. The van der Waals surface area contributed by atoms with Crippen LogP contribution in [0.5, 0.6) is 5.75 Å². The third-order valence-corrected chi connectivity index (χ3v) is 3.47. The lowest BCUT2D eigenvalue weighted by Gasteiger charge is -2.19. The van der Waals surface area contributed by atoms with Gasteiger partial charge in [-0.25, -0.2) is 0 Å². The minimum absolute atomic E-state index is 0.0340. The molecule has 0 bridgehead atoms. The van der Waals surface area contributed by atoms with Crippen molar-refractivity contribution in [3.63, 3.8) is 0 Å². The van der Waals surface area contributed by atoms with Crippen LogP contribution in [0.25, 0.3) is 0 Å². The number of ether oxygens (including phenoxy) is 1. The summed E-state index contributed by atoms with van der Waals surface area (Å²) in [7, 11) is 1.61. The molecule has 0 unspecified atom stereocenters. The van der Waals surface area contributed by atoms with Crippen molar-refractivity contribution in [3.05, 3.63) is 24.3 Å². The number of para-hydroxylation sites is 2. The number of benzene rings is 1. The molecule has 2 N–H and O–H groups in total. The Morgan fingerprint density at radius 1 is 1.35 bits per heavy atom. The van der Waals surface area contributed by atoms with Gasteiger partial charge in [-0.15, -0.1) is 0 Å². The number of carbonyl (C=O) groups excluding carboxylic acids is 1. The number of carbonyl (C=O) groups is 1. The molecule has 110 valence electrons. The fraction of sp³-hybridized carbons (Fsp3) is 0.533. The summed E-state index contributed by atoms with van der Waals surface area (Å²) in [5.41, 5.74) is 0.734. The maximum Gasteiger partial charge on any atom is 0.225 e. The van der Waals surface area contributed by atoms with Crippen molar-refractivity contribution in [1.82, 2.24) is 10.2 Å². The Labute approximate surface area is 120 Å². The summed E-state index contributed by atoms with van der Waals surface area (Å²) in [4.78, 5) is 14.3. The van der Waals surface area contributed by atoms with Gasteiger partial charge in [0.05, 0.1) is 12.8 Å². The molecule has 0 spiro atoms. The molecule has 1 amide bonds. The van der Waals surface area contributed by atoms with Crippen LogP contribution in [0.3, 0.4) is 0 Å². The van der Waals surface area contributed by atoms with Gasteiger partial charge in [-0.3, -0.25) is 4.79 Å². The minimum Gasteiger partial charge on any atom is -0.495 e. The molecule has 0 aromatic heterocycles. The molecule has 1 aromatic carbocycles. The van der Waals surface area contributed by atoms with E-state index in [9.17, 15) is 4.79 Å². The van der Waals surface area contributed by atoms with Crippen LogP contribution in [0.15, 0.2) is 24.3 Å². The van der Waals surface area contributed by atoms with Gasteiger partial charge >= 0.3 is 0 Å². The van der Waals surface area contributed by atoms with E-state index in [0.717, 1.165) is 44.8 Å². The molecule has 2 rings (SSSR count). The van der Waals surface area contributed by atoms with Gasteiger partial charge in [0.15, 0.2) is 0 Å². The van der Waals surface area contributed by atoms with Gasteiger partial charge in [0, 0.05) is 26.1 Å². The Hall–Kier alpha value is -1.59. The van der Waals surface area contributed by atoms with E-state index in [1.54, 1.807) is 7.11 Å². The molecule has 5 heteroatoms. The molecule has 1 fully saturated rings. The fourth-order valence-electron chi connectivity index (χ4n) is 2.35. The summed E-state index contributed by atoms with van der Waals surface area (Å²) in [6.45, 7) is 4.97. The molecule has 1 saturated heterocycles. The summed E-state index contributed by atoms with van der Waals surface area (Å²) >= 11 is 0. The Kier molecular flexibility index (Phi) is 5.83. The number of methoxy groups -OCH3 is 1. The number of rotatable bonds is 5. The normalized spacial score (nSPS) is 16.4. The average molecular weight is 277 g/mol. The summed E-state index contributed by atoms with van der Waals surface area (Å²) in [6.07, 6.45) is 1.66. The number of amides is 1. The molecule has 1 aromatic rings. The maximum absolute atomic E-state index is 12.0. The highest BCUT2D eigenvalue weighted by Gasteiger charge is 2.11. The van der Waals surface area contributed by atoms with E-state index in [1.165, 1.54) is 0 Å². The number of nitrogens with one attached hydrogen (secondary N) is 2. The highest BCUT2D eigenvalue weighted by Crippen LogP contribution is 2.23. The van der Waals surface area contributed by atoms with Crippen molar-refractivity contribution < 1.29 is 9.53 Å². The van der Waals surface area contributed by atoms with Crippen LogP contribution < -0.4 is 15.4 Å². The van der Waals surface area contributed by atoms with Gasteiger partial charge in [0.2, 0.25) is 5.91 Å². The maximum atomic E-state index is 12.0. The Bertz CT molecular complexity index is 429. The van der Waals surface area contributed by atoms with Crippen molar-refractivity contribution in [1.29, 1.82) is 0 Å². The van der Waals surface area contributed by atoms with Crippen molar-refractivity contribution in [2.75, 3.05) is 45.2 Å². The largest absolute Gasteiger partial charge is 0.495 e. The molecule has 1 aliphatic heterocycles. The van der Waals surface area contributed by atoms with E-state index in [0.29, 0.717) is 12.2 Å². The van der Waals surface area contributed by atoms with Crippen LogP contribution in [-0.2, 0) is 4.79 Å². The summed E-state index contributed by atoms with van der Waals surface area (Å²) < 4.78 is 5.22. The number of nitrogens with zero attached hydrogens (tertiary/aromatic N) is 1. The summed E-state index contributed by atoms with van der Waals surface area (Å²) in [5, 5.41) is 6.27. The minimum atomic E-state index is 0.0340. The van der Waals surface area contributed by atoms with Crippen LogP contribution in [0.4, 0.5) is 5.69 Å². The quantitative estimate of drug-likeness (QED) is 0.852. The van der Waals surface area contributed by atoms with E-state index in [-0.39, 0.29) is 5.91 Å². The smallest absolute Gasteiger partial charge is 0.225 e. The number of hydrogen-bond donors (Lipinski definition) is 2. The zero-order chi connectivity index (χ0) is 14.2. The number of anilines is 1. The van der Waals surface area contributed by atoms with E-state index in [2.05, 4.69) is 15.5 Å². The second-order valence-corrected chi connectivity index (χ2v) is 4.94. The monoisotopic (exact) mass is 277 g/mol. The van der Waals surface area contributed by atoms with Crippen LogP contribution in [-0.4, -0.2) is 50.6 Å². The Morgan fingerprint density at radius 2 is 2.20 bits per heavy atom. The second-order valence-electron chi connectivity index (χ2n) is 4.94. The second kappa shape index (κ2) is 7.87. The van der Waals surface area contributed by atoms with Crippen molar-refractivity contribution in [2.45, 2.75) is 12.8 Å². The van der Waals surface area contributed by atoms with Gasteiger partial charge < -0.3 is 20.3 Å². The topological polar surface area (TPSA) is 53.6 Å². The zero-order valence-electron chi connectivity index (χ0n) is 12.0. The lowest BCUT2D eigenvalue weighted by Crippen LogP contribution is -2.31. The molecule has 0 aliphatic carbocycles. The molecule has 0 atom stereocenters. The molecule has 5 nitrogen and oxygen atoms in total. The SMILES string of the molecule is COc1ccccc1NC(=O)CCN1CCCNCC1. The first kappa shape index (κ1) is 14.8. The van der Waals surface area contributed by atoms with Gasteiger partial charge in [0.1, 0.15) is 5.75 Å². The summed E-state index contributed by atoms with van der Waals surface area (Å²) in [6, 6.07) is 7.47. The van der Waals surface area contributed by atoms with Crippen molar-refractivity contribution in [2.24, 2.45) is 0 Å². The fourth-order valence-corrected chi connectivity index (χ4v) is 2.35. The summed E-state index contributed by atoms with van der Waals surface area (Å²) in [5.74, 6) is 0.728. The first-order chi connectivity index (χ1) is 9.79. The van der Waals surface area contributed by atoms with E-state index in [1.807, 2.05) is 24.3 Å². The number of hydrogen-bond acceptors (Lipinski definition) is 4. The Morgan fingerprint density at radius 3 is 3.05 bits per heavy atom. The molecule has 0 saturated carbocycles. The van der Waals surface area contributed by atoms with Crippen LogP contribution in [0.2, 0.25) is 0 Å². The highest BCUT2D eigenvalue weighted by atomic mass is 16.5. The first-order valence-corrected chi connectivity index (χ1v) is 7.15. The standard InChI is InChI=1S/C15H23N3O2/c1-20-14-6-3-2-5-13(14)17-15(19)7-11-18-10-4-8-16-9-12-18/h2-3,5-6,16H,4,7-12H2,1H3,(H,17,19). The van der Waals surface area contributed by atoms with Crippen LogP contribution in [0, 0.1) is 0 Å². The van der Waals surface area contributed by atoms with Gasteiger partial charge in [0.25, 0.3) is 0 Å². The zero-order valence-corrected chi connectivity index (χ0v) is 12.0. The molecule has 0 radical (unpaired) electrons. The third kappa shape index (κ3) is 4.51. The molecule has 1 heterocycles. The van der Waals surface area contributed by atoms with Crippen molar-refractivity contribution >= 4 is 11.6 Å². The Balaban J connectivity index is 1.80. The van der Waals surface area contributed by atoms with Crippen molar-refractivity contribution in [3.8, 4) is 5.75 Å². The molecular weight excluding hydrogens is 254 g/mol.